The normalized spacial score (nSPS) is 15.5. The number of carbonyl (C=O) groups is 1. The largest absolute Gasteiger partial charge is 0.497 e. The molecule has 3 heteroatoms. The van der Waals surface area contributed by atoms with Gasteiger partial charge in [-0.2, -0.15) is 0 Å². The Morgan fingerprint density at radius 3 is 2.06 bits per heavy atom. The van der Waals surface area contributed by atoms with E-state index in [9.17, 15) is 4.79 Å². The minimum Gasteiger partial charge on any atom is -0.497 e. The predicted molar refractivity (Wildman–Crippen MR) is 126 cm³/mol. The molecule has 4 rings (SSSR count). The van der Waals surface area contributed by atoms with Crippen molar-refractivity contribution >= 4 is 11.5 Å². The first kappa shape index (κ1) is 20.9. The number of carbonyl (C=O) groups excluding carboxylic acids is 1. The second-order valence-electron chi connectivity index (χ2n) is 8.07. The molecule has 0 spiro atoms. The lowest BCUT2D eigenvalue weighted by atomic mass is 9.90. The fraction of sp³-hybridized carbons (Fsp3) is 0.250. The Morgan fingerprint density at radius 1 is 0.871 bits per heavy atom. The second kappa shape index (κ2) is 10.1. The maximum Gasteiger partial charge on any atom is 0.245 e. The summed E-state index contributed by atoms with van der Waals surface area (Å²) < 4.78 is 5.30. The van der Waals surface area contributed by atoms with Crippen molar-refractivity contribution in [2.45, 2.75) is 31.7 Å². The maximum atomic E-state index is 13.3. The van der Waals surface area contributed by atoms with Gasteiger partial charge in [0.15, 0.2) is 0 Å². The lowest BCUT2D eigenvalue weighted by molar-refractivity contribution is -0.116. The van der Waals surface area contributed by atoms with Crippen molar-refractivity contribution in [2.24, 2.45) is 5.92 Å². The summed E-state index contributed by atoms with van der Waals surface area (Å²) in [6.07, 6.45) is 6.58. The maximum absolute atomic E-state index is 13.3. The number of amides is 1. The molecule has 1 N–H and O–H groups in total. The first-order valence-electron chi connectivity index (χ1n) is 11.0. The molecule has 31 heavy (non-hydrogen) atoms. The van der Waals surface area contributed by atoms with Crippen LogP contribution in [0.1, 0.15) is 48.4 Å². The van der Waals surface area contributed by atoms with E-state index in [2.05, 4.69) is 17.4 Å². The molecule has 1 amide bonds. The third kappa shape index (κ3) is 5.24. The fourth-order valence-corrected chi connectivity index (χ4v) is 4.43. The molecule has 0 bridgehead atoms. The number of nitrogens with one attached hydrogen (secondary N) is 1. The highest BCUT2D eigenvalue weighted by molar-refractivity contribution is 5.96. The van der Waals surface area contributed by atoms with Gasteiger partial charge in [0, 0.05) is 6.08 Å². The molecule has 0 aliphatic heterocycles. The minimum absolute atomic E-state index is 0.0598. The van der Waals surface area contributed by atoms with E-state index in [1.165, 1.54) is 12.8 Å². The van der Waals surface area contributed by atoms with E-state index in [0.29, 0.717) is 5.92 Å². The van der Waals surface area contributed by atoms with Crippen LogP contribution in [0.3, 0.4) is 0 Å². The molecule has 1 saturated carbocycles. The average molecular weight is 412 g/mol. The van der Waals surface area contributed by atoms with Crippen LogP contribution in [0.2, 0.25) is 0 Å². The van der Waals surface area contributed by atoms with Crippen LogP contribution in [0.5, 0.6) is 5.75 Å². The lowest BCUT2D eigenvalue weighted by Crippen LogP contribution is -2.28. The summed E-state index contributed by atoms with van der Waals surface area (Å²) in [6, 6.07) is 28.1. The molecule has 1 fully saturated rings. The van der Waals surface area contributed by atoms with Gasteiger partial charge in [-0.1, -0.05) is 85.6 Å². The molecule has 3 aromatic carbocycles. The average Bonchev–Trinajstić information content (AvgIpc) is 3.37. The first-order chi connectivity index (χ1) is 15.2. The Hall–Kier alpha value is -3.33. The predicted octanol–water partition coefficient (Wildman–Crippen LogP) is 6.17. The van der Waals surface area contributed by atoms with Crippen molar-refractivity contribution in [3.8, 4) is 5.75 Å². The quantitative estimate of drug-likeness (QED) is 0.472. The van der Waals surface area contributed by atoms with Crippen LogP contribution in [0.25, 0.3) is 5.57 Å². The molecule has 0 radical (unpaired) electrons. The van der Waals surface area contributed by atoms with Gasteiger partial charge in [0.1, 0.15) is 5.75 Å². The Kier molecular flexibility index (Phi) is 6.83. The molecule has 3 nitrogen and oxygen atoms in total. The number of benzene rings is 3. The molecule has 0 unspecified atom stereocenters. The molecule has 1 aliphatic carbocycles. The summed E-state index contributed by atoms with van der Waals surface area (Å²) in [5, 5.41) is 3.25. The van der Waals surface area contributed by atoms with Crippen LogP contribution in [-0.2, 0) is 4.79 Å². The highest BCUT2D eigenvalue weighted by Crippen LogP contribution is 2.36. The summed E-state index contributed by atoms with van der Waals surface area (Å²) in [5.41, 5.74) is 4.37. The summed E-state index contributed by atoms with van der Waals surface area (Å²) in [6.45, 7) is 0. The minimum atomic E-state index is -0.226. The van der Waals surface area contributed by atoms with Gasteiger partial charge >= 0.3 is 0 Å². The molecule has 1 aliphatic rings. The molecule has 3 aromatic rings. The van der Waals surface area contributed by atoms with E-state index in [4.69, 9.17) is 4.74 Å². The third-order valence-electron chi connectivity index (χ3n) is 6.06. The Labute approximate surface area is 184 Å². The van der Waals surface area contributed by atoms with Gasteiger partial charge in [-0.05, 0) is 53.2 Å². The van der Waals surface area contributed by atoms with Crippen molar-refractivity contribution in [1.29, 1.82) is 0 Å². The van der Waals surface area contributed by atoms with Crippen LogP contribution in [0.4, 0.5) is 0 Å². The molecule has 1 atom stereocenters. The molecular weight excluding hydrogens is 382 g/mol. The van der Waals surface area contributed by atoms with Crippen LogP contribution < -0.4 is 10.1 Å². The van der Waals surface area contributed by atoms with Gasteiger partial charge in [-0.25, -0.2) is 0 Å². The molecule has 0 heterocycles. The lowest BCUT2D eigenvalue weighted by Gasteiger charge is -2.21. The molecular formula is C28H29NO2. The van der Waals surface area contributed by atoms with E-state index in [1.54, 1.807) is 7.11 Å². The molecule has 158 valence electrons. The Bertz CT molecular complexity index is 1000. The van der Waals surface area contributed by atoms with Crippen molar-refractivity contribution in [3.63, 3.8) is 0 Å². The number of rotatable bonds is 7. The first-order valence-corrected chi connectivity index (χ1v) is 11.0. The van der Waals surface area contributed by atoms with Crippen molar-refractivity contribution in [1.82, 2.24) is 5.32 Å². The fourth-order valence-electron chi connectivity index (χ4n) is 4.43. The summed E-state index contributed by atoms with van der Waals surface area (Å²) in [7, 11) is 1.66. The topological polar surface area (TPSA) is 38.3 Å². The highest BCUT2D eigenvalue weighted by atomic mass is 16.5. The number of hydrogen-bond acceptors (Lipinski definition) is 2. The summed E-state index contributed by atoms with van der Waals surface area (Å²) >= 11 is 0. The van der Waals surface area contributed by atoms with Gasteiger partial charge in [0.2, 0.25) is 5.91 Å². The Morgan fingerprint density at radius 2 is 1.45 bits per heavy atom. The molecule has 0 saturated heterocycles. The second-order valence-corrected chi connectivity index (χ2v) is 8.07. The van der Waals surface area contributed by atoms with E-state index in [1.807, 2.05) is 78.9 Å². The molecule has 0 aromatic heterocycles. The van der Waals surface area contributed by atoms with Crippen molar-refractivity contribution in [2.75, 3.05) is 7.11 Å². The number of ether oxygens (including phenoxy) is 1. The van der Waals surface area contributed by atoms with Crippen LogP contribution in [0.15, 0.2) is 91.0 Å². The zero-order chi connectivity index (χ0) is 21.5. The monoisotopic (exact) mass is 411 g/mol. The number of hydrogen-bond donors (Lipinski definition) is 1. The van der Waals surface area contributed by atoms with Gasteiger partial charge < -0.3 is 10.1 Å². The zero-order valence-corrected chi connectivity index (χ0v) is 18.0. The van der Waals surface area contributed by atoms with Crippen molar-refractivity contribution in [3.05, 3.63) is 108 Å². The third-order valence-corrected chi connectivity index (χ3v) is 6.06. The number of allylic oxidation sites excluding steroid dienone is 1. The smallest absolute Gasteiger partial charge is 0.245 e. The summed E-state index contributed by atoms with van der Waals surface area (Å²) in [4.78, 5) is 13.3. The van der Waals surface area contributed by atoms with Crippen molar-refractivity contribution < 1.29 is 9.53 Å². The van der Waals surface area contributed by atoms with E-state index in [0.717, 1.165) is 40.9 Å². The standard InChI is InChI=1S/C28H29NO2/c1-31-25-18-16-24(17-19-25)28(23-14-6-3-7-15-23)29-27(30)20-26(22-12-8-9-13-22)21-10-4-2-5-11-21/h2-7,10-11,14-20,22,28H,8-9,12-13H2,1H3,(H,29,30)/b26-20+/t28-/m0/s1. The highest BCUT2D eigenvalue weighted by Gasteiger charge is 2.22. The van der Waals surface area contributed by atoms with Gasteiger partial charge in [-0.3, -0.25) is 4.79 Å². The van der Waals surface area contributed by atoms with Crippen LogP contribution in [0, 0.1) is 5.92 Å². The van der Waals surface area contributed by atoms with E-state index >= 15 is 0 Å². The van der Waals surface area contributed by atoms with Crippen LogP contribution >= 0.6 is 0 Å². The zero-order valence-electron chi connectivity index (χ0n) is 18.0. The number of methoxy groups -OCH3 is 1. The SMILES string of the molecule is COc1ccc([C@@H](NC(=O)/C=C(\c2ccccc2)C2CCCC2)c2ccccc2)cc1. The van der Waals surface area contributed by atoms with Gasteiger partial charge in [0.05, 0.1) is 13.2 Å². The Balaban J connectivity index is 1.64. The van der Waals surface area contributed by atoms with Gasteiger partial charge in [0.25, 0.3) is 0 Å². The van der Waals surface area contributed by atoms with Crippen LogP contribution in [-0.4, -0.2) is 13.0 Å². The summed E-state index contributed by atoms with van der Waals surface area (Å²) in [5.74, 6) is 1.19. The van der Waals surface area contributed by atoms with Gasteiger partial charge in [-0.15, -0.1) is 0 Å². The van der Waals surface area contributed by atoms with E-state index in [-0.39, 0.29) is 11.9 Å². The van der Waals surface area contributed by atoms with E-state index < -0.39 is 0 Å².